The van der Waals surface area contributed by atoms with Gasteiger partial charge in [-0.3, -0.25) is 0 Å². The van der Waals surface area contributed by atoms with Gasteiger partial charge < -0.3 is 5.73 Å². The zero-order chi connectivity index (χ0) is 10.3. The number of aryl methyl sites for hydroxylation is 1. The number of aromatic nitrogens is 1. The molecule has 0 bridgehead atoms. The molecule has 14 heavy (non-hydrogen) atoms. The van der Waals surface area contributed by atoms with E-state index in [9.17, 15) is 13.2 Å². The number of hydrogen-bond acceptors (Lipinski definition) is 3. The van der Waals surface area contributed by atoms with Crippen LogP contribution in [0.5, 0.6) is 0 Å². The molecule has 0 aromatic carbocycles. The molecule has 0 saturated carbocycles. The fourth-order valence-electron chi connectivity index (χ4n) is 1.57. The van der Waals surface area contributed by atoms with Gasteiger partial charge >= 0.3 is 6.18 Å². The van der Waals surface area contributed by atoms with Crippen molar-refractivity contribution in [2.75, 3.05) is 0 Å². The maximum Gasteiger partial charge on any atom is 0.443 e. The minimum Gasteiger partial charge on any atom is -0.323 e. The molecule has 2 N–H and O–H groups in total. The van der Waals surface area contributed by atoms with Gasteiger partial charge in [-0.2, -0.15) is 13.2 Å². The molecule has 6 heteroatoms. The maximum absolute atomic E-state index is 12.3. The van der Waals surface area contributed by atoms with Crippen molar-refractivity contribution in [3.8, 4) is 0 Å². The summed E-state index contributed by atoms with van der Waals surface area (Å²) in [6.07, 6.45) is -2.13. The SMILES string of the molecule is NC1CCCc2nc(C(F)(F)F)sc21. The van der Waals surface area contributed by atoms with Gasteiger partial charge in [0.25, 0.3) is 0 Å². The second-order valence-corrected chi connectivity index (χ2v) is 4.36. The van der Waals surface area contributed by atoms with Gasteiger partial charge in [0.2, 0.25) is 0 Å². The van der Waals surface area contributed by atoms with Crippen LogP contribution in [-0.2, 0) is 12.6 Å². The first-order chi connectivity index (χ1) is 6.48. The van der Waals surface area contributed by atoms with E-state index in [2.05, 4.69) is 4.98 Å². The predicted octanol–water partition coefficient (Wildman–Crippen LogP) is 2.50. The molecule has 78 valence electrons. The van der Waals surface area contributed by atoms with Gasteiger partial charge in [0, 0.05) is 10.9 Å². The highest BCUT2D eigenvalue weighted by Gasteiger charge is 2.37. The molecule has 1 heterocycles. The molecule has 1 unspecified atom stereocenters. The lowest BCUT2D eigenvalue weighted by Gasteiger charge is -2.15. The number of hydrogen-bond donors (Lipinski definition) is 1. The largest absolute Gasteiger partial charge is 0.443 e. The first kappa shape index (κ1) is 9.92. The number of thiazole rings is 1. The highest BCUT2D eigenvalue weighted by atomic mass is 32.1. The molecule has 0 amide bonds. The molecule has 1 aromatic heterocycles. The molecule has 1 aromatic rings. The third-order valence-electron chi connectivity index (χ3n) is 2.24. The highest BCUT2D eigenvalue weighted by molar-refractivity contribution is 7.12. The third kappa shape index (κ3) is 1.64. The molecular weight excluding hydrogens is 213 g/mol. The summed E-state index contributed by atoms with van der Waals surface area (Å²) < 4.78 is 36.9. The maximum atomic E-state index is 12.3. The molecule has 0 spiro atoms. The molecule has 2 nitrogen and oxygen atoms in total. The summed E-state index contributed by atoms with van der Waals surface area (Å²) in [6.45, 7) is 0. The van der Waals surface area contributed by atoms with Crippen molar-refractivity contribution in [3.63, 3.8) is 0 Å². The summed E-state index contributed by atoms with van der Waals surface area (Å²) >= 11 is 0.689. The third-order valence-corrected chi connectivity index (χ3v) is 3.51. The van der Waals surface area contributed by atoms with E-state index in [1.54, 1.807) is 0 Å². The van der Waals surface area contributed by atoms with E-state index in [0.717, 1.165) is 12.8 Å². The lowest BCUT2D eigenvalue weighted by atomic mass is 9.99. The number of rotatable bonds is 0. The summed E-state index contributed by atoms with van der Waals surface area (Å²) in [4.78, 5) is 4.20. The van der Waals surface area contributed by atoms with Crippen molar-refractivity contribution in [3.05, 3.63) is 15.6 Å². The van der Waals surface area contributed by atoms with E-state index in [-0.39, 0.29) is 6.04 Å². The average molecular weight is 222 g/mol. The second-order valence-electron chi connectivity index (χ2n) is 3.33. The van der Waals surface area contributed by atoms with Crippen molar-refractivity contribution >= 4 is 11.3 Å². The highest BCUT2D eigenvalue weighted by Crippen LogP contribution is 2.39. The molecule has 1 atom stereocenters. The number of halogens is 3. The summed E-state index contributed by atoms with van der Waals surface area (Å²) in [6, 6.07) is -0.257. The Morgan fingerprint density at radius 3 is 2.71 bits per heavy atom. The number of fused-ring (bicyclic) bond motifs is 1. The molecule has 0 fully saturated rings. The Balaban J connectivity index is 2.40. The second kappa shape index (κ2) is 3.20. The first-order valence-electron chi connectivity index (χ1n) is 4.31. The average Bonchev–Trinajstić information content (AvgIpc) is 2.48. The normalized spacial score (nSPS) is 22.1. The van der Waals surface area contributed by atoms with Crippen molar-refractivity contribution in [2.45, 2.75) is 31.5 Å². The monoisotopic (exact) mass is 222 g/mol. The van der Waals surface area contributed by atoms with Gasteiger partial charge in [0.15, 0.2) is 5.01 Å². The molecular formula is C8H9F3N2S. The van der Waals surface area contributed by atoms with Gasteiger partial charge in [-0.1, -0.05) is 0 Å². The van der Waals surface area contributed by atoms with Gasteiger partial charge in [-0.25, -0.2) is 4.98 Å². The van der Waals surface area contributed by atoms with Gasteiger partial charge in [0.05, 0.1) is 5.69 Å². The van der Waals surface area contributed by atoms with Gasteiger partial charge in [0.1, 0.15) is 0 Å². The van der Waals surface area contributed by atoms with Gasteiger partial charge in [-0.15, -0.1) is 11.3 Å². The minimum atomic E-state index is -4.33. The molecule has 1 aliphatic carbocycles. The molecule has 0 radical (unpaired) electrons. The standard InChI is InChI=1S/C8H9F3N2S/c9-8(10,11)7-13-5-3-1-2-4(12)6(5)14-7/h4H,1-3,12H2. The Morgan fingerprint density at radius 1 is 1.43 bits per heavy atom. The smallest absolute Gasteiger partial charge is 0.323 e. The van der Waals surface area contributed by atoms with E-state index >= 15 is 0 Å². The van der Waals surface area contributed by atoms with Crippen molar-refractivity contribution in [2.24, 2.45) is 5.73 Å². The molecule has 0 aliphatic heterocycles. The first-order valence-corrected chi connectivity index (χ1v) is 5.12. The molecule has 2 rings (SSSR count). The zero-order valence-corrected chi connectivity index (χ0v) is 8.08. The Labute approximate surface area is 82.9 Å². The van der Waals surface area contributed by atoms with E-state index in [1.807, 2.05) is 0 Å². The Kier molecular flexibility index (Phi) is 2.27. The lowest BCUT2D eigenvalue weighted by molar-refractivity contribution is -0.137. The number of nitrogens with two attached hydrogens (primary N) is 1. The number of nitrogens with zero attached hydrogens (tertiary/aromatic N) is 1. The van der Waals surface area contributed by atoms with E-state index in [0.29, 0.717) is 28.3 Å². The van der Waals surface area contributed by atoms with Crippen LogP contribution >= 0.6 is 11.3 Å². The summed E-state index contributed by atoms with van der Waals surface area (Å²) in [5, 5.41) is -0.764. The van der Waals surface area contributed by atoms with Crippen LogP contribution in [0.15, 0.2) is 0 Å². The summed E-state index contributed by atoms with van der Waals surface area (Å²) in [5.41, 5.74) is 6.25. The fourth-order valence-corrected chi connectivity index (χ4v) is 2.59. The zero-order valence-electron chi connectivity index (χ0n) is 7.27. The summed E-state index contributed by atoms with van der Waals surface area (Å²) in [7, 11) is 0. The minimum absolute atomic E-state index is 0.257. The molecule has 0 saturated heterocycles. The van der Waals surface area contributed by atoms with Crippen LogP contribution in [-0.4, -0.2) is 4.98 Å². The van der Waals surface area contributed by atoms with Crippen molar-refractivity contribution in [1.29, 1.82) is 0 Å². The van der Waals surface area contributed by atoms with Crippen LogP contribution < -0.4 is 5.73 Å². The van der Waals surface area contributed by atoms with Crippen LogP contribution in [0.2, 0.25) is 0 Å². The van der Waals surface area contributed by atoms with Crippen LogP contribution in [0.3, 0.4) is 0 Å². The van der Waals surface area contributed by atoms with E-state index in [1.165, 1.54) is 0 Å². The topological polar surface area (TPSA) is 38.9 Å². The van der Waals surface area contributed by atoms with E-state index < -0.39 is 11.2 Å². The molecule has 1 aliphatic rings. The van der Waals surface area contributed by atoms with Crippen LogP contribution in [0.1, 0.15) is 34.5 Å². The van der Waals surface area contributed by atoms with Crippen molar-refractivity contribution < 1.29 is 13.2 Å². The Morgan fingerprint density at radius 2 is 2.14 bits per heavy atom. The van der Waals surface area contributed by atoms with Gasteiger partial charge in [-0.05, 0) is 19.3 Å². The Hall–Kier alpha value is -0.620. The predicted molar refractivity (Wildman–Crippen MR) is 47.0 cm³/mol. The van der Waals surface area contributed by atoms with Crippen LogP contribution in [0.4, 0.5) is 13.2 Å². The number of alkyl halides is 3. The van der Waals surface area contributed by atoms with Crippen LogP contribution in [0.25, 0.3) is 0 Å². The Bertz CT molecular complexity index is 345. The van der Waals surface area contributed by atoms with E-state index in [4.69, 9.17) is 5.73 Å². The van der Waals surface area contributed by atoms with Crippen LogP contribution in [0, 0.1) is 0 Å². The summed E-state index contributed by atoms with van der Waals surface area (Å²) in [5.74, 6) is 0. The quantitative estimate of drug-likeness (QED) is 0.732. The van der Waals surface area contributed by atoms with Crippen molar-refractivity contribution in [1.82, 2.24) is 4.98 Å². The fraction of sp³-hybridized carbons (Fsp3) is 0.625. The lowest BCUT2D eigenvalue weighted by Crippen LogP contribution is -2.15.